The van der Waals surface area contributed by atoms with Crippen molar-refractivity contribution in [3.05, 3.63) is 73.9 Å². The Morgan fingerprint density at radius 3 is 2.50 bits per heavy atom. The predicted octanol–water partition coefficient (Wildman–Crippen LogP) is 4.67. The van der Waals surface area contributed by atoms with Gasteiger partial charge in [-0.2, -0.15) is 5.26 Å². The lowest BCUT2D eigenvalue weighted by Crippen LogP contribution is -2.14. The first-order valence-corrected chi connectivity index (χ1v) is 7.95. The van der Waals surface area contributed by atoms with Gasteiger partial charge in [-0.15, -0.1) is 0 Å². The zero-order valence-corrected chi connectivity index (χ0v) is 14.9. The molecule has 0 aromatic heterocycles. The molecule has 0 atom stereocenters. The molecule has 2 rings (SSSR count). The standard InChI is InChI=1S/C17H12Cl2N4O3/c1-10-2-3-13(6-15(10)19)22-17(24)11(8-20)9-21-12-4-5-14(18)16(7-12)23(25)26/h2-7,9,21H,1H3,(H,22,24)/b11-9-. The number of nitro benzene ring substituents is 1. The maximum absolute atomic E-state index is 12.2. The summed E-state index contributed by atoms with van der Waals surface area (Å²) in [6.45, 7) is 1.82. The Labute approximate surface area is 159 Å². The molecule has 2 N–H and O–H groups in total. The average molecular weight is 391 g/mol. The van der Waals surface area contributed by atoms with Gasteiger partial charge in [0.1, 0.15) is 16.7 Å². The van der Waals surface area contributed by atoms with E-state index in [1.54, 1.807) is 24.3 Å². The van der Waals surface area contributed by atoms with Gasteiger partial charge in [0.2, 0.25) is 0 Å². The molecule has 26 heavy (non-hydrogen) atoms. The van der Waals surface area contributed by atoms with Crippen LogP contribution < -0.4 is 10.6 Å². The van der Waals surface area contributed by atoms with Crippen LogP contribution in [-0.2, 0) is 4.79 Å². The molecule has 7 nitrogen and oxygen atoms in total. The summed E-state index contributed by atoms with van der Waals surface area (Å²) < 4.78 is 0. The lowest BCUT2D eigenvalue weighted by atomic mass is 10.2. The van der Waals surface area contributed by atoms with Gasteiger partial charge in [-0.05, 0) is 36.8 Å². The number of nitrogens with one attached hydrogen (secondary N) is 2. The molecule has 0 aliphatic carbocycles. The van der Waals surface area contributed by atoms with Crippen molar-refractivity contribution in [3.63, 3.8) is 0 Å². The van der Waals surface area contributed by atoms with E-state index in [0.29, 0.717) is 16.4 Å². The number of amides is 1. The third kappa shape index (κ3) is 4.72. The number of carbonyl (C=O) groups excluding carboxylic acids is 1. The van der Waals surface area contributed by atoms with Gasteiger partial charge in [0.05, 0.1) is 4.92 Å². The van der Waals surface area contributed by atoms with Crippen molar-refractivity contribution >= 4 is 46.2 Å². The van der Waals surface area contributed by atoms with Gasteiger partial charge in [0, 0.05) is 28.7 Å². The summed E-state index contributed by atoms with van der Waals surface area (Å²) in [4.78, 5) is 22.4. The molecule has 132 valence electrons. The molecule has 0 fully saturated rings. The quantitative estimate of drug-likeness (QED) is 0.333. The van der Waals surface area contributed by atoms with Crippen LogP contribution in [-0.4, -0.2) is 10.8 Å². The fraction of sp³-hybridized carbons (Fsp3) is 0.0588. The molecule has 0 spiro atoms. The van der Waals surface area contributed by atoms with Crippen LogP contribution in [0.5, 0.6) is 0 Å². The van der Waals surface area contributed by atoms with Crippen molar-refractivity contribution in [1.29, 1.82) is 5.26 Å². The number of nitrogens with zero attached hydrogens (tertiary/aromatic N) is 2. The minimum Gasteiger partial charge on any atom is -0.360 e. The van der Waals surface area contributed by atoms with E-state index in [1.165, 1.54) is 18.2 Å². The van der Waals surface area contributed by atoms with Crippen LogP contribution in [0, 0.1) is 28.4 Å². The molecule has 2 aromatic carbocycles. The number of halogens is 2. The highest BCUT2D eigenvalue weighted by atomic mass is 35.5. The summed E-state index contributed by atoms with van der Waals surface area (Å²) in [5.41, 5.74) is 1.09. The number of benzene rings is 2. The van der Waals surface area contributed by atoms with E-state index in [-0.39, 0.29) is 16.3 Å². The van der Waals surface area contributed by atoms with Crippen molar-refractivity contribution in [2.75, 3.05) is 10.6 Å². The van der Waals surface area contributed by atoms with Crippen LogP contribution in [0.3, 0.4) is 0 Å². The highest BCUT2D eigenvalue weighted by Crippen LogP contribution is 2.27. The molecule has 0 aliphatic rings. The van der Waals surface area contributed by atoms with E-state index in [4.69, 9.17) is 28.5 Å². The third-order valence-electron chi connectivity index (χ3n) is 3.32. The molecule has 0 saturated carbocycles. The number of hydrogen-bond donors (Lipinski definition) is 2. The Morgan fingerprint density at radius 2 is 1.88 bits per heavy atom. The van der Waals surface area contributed by atoms with Crippen molar-refractivity contribution in [2.24, 2.45) is 0 Å². The summed E-state index contributed by atoms with van der Waals surface area (Å²) in [5.74, 6) is -0.650. The lowest BCUT2D eigenvalue weighted by Gasteiger charge is -2.07. The van der Waals surface area contributed by atoms with Crippen LogP contribution in [0.1, 0.15) is 5.56 Å². The van der Waals surface area contributed by atoms with Gasteiger partial charge >= 0.3 is 0 Å². The second kappa shape index (κ2) is 8.34. The molecule has 0 bridgehead atoms. The monoisotopic (exact) mass is 390 g/mol. The lowest BCUT2D eigenvalue weighted by molar-refractivity contribution is -0.384. The van der Waals surface area contributed by atoms with Crippen LogP contribution >= 0.6 is 23.2 Å². The van der Waals surface area contributed by atoms with Crippen molar-refractivity contribution in [2.45, 2.75) is 6.92 Å². The zero-order valence-electron chi connectivity index (χ0n) is 13.4. The Bertz CT molecular complexity index is 952. The Kier molecular flexibility index (Phi) is 6.17. The molecule has 1 amide bonds. The van der Waals surface area contributed by atoms with E-state index in [2.05, 4.69) is 10.6 Å². The number of nitriles is 1. The molecule has 2 aromatic rings. The van der Waals surface area contributed by atoms with Crippen molar-refractivity contribution in [1.82, 2.24) is 0 Å². The number of hydrogen-bond acceptors (Lipinski definition) is 5. The van der Waals surface area contributed by atoms with E-state index < -0.39 is 10.8 Å². The smallest absolute Gasteiger partial charge is 0.289 e. The van der Waals surface area contributed by atoms with E-state index in [0.717, 1.165) is 11.8 Å². The van der Waals surface area contributed by atoms with Gasteiger partial charge in [-0.1, -0.05) is 29.3 Å². The summed E-state index contributed by atoms with van der Waals surface area (Å²) in [6.07, 6.45) is 1.15. The van der Waals surface area contributed by atoms with Gasteiger partial charge in [0.25, 0.3) is 11.6 Å². The average Bonchev–Trinajstić information content (AvgIpc) is 2.59. The van der Waals surface area contributed by atoms with Gasteiger partial charge in [-0.25, -0.2) is 0 Å². The topological polar surface area (TPSA) is 108 Å². The van der Waals surface area contributed by atoms with E-state index in [9.17, 15) is 14.9 Å². The van der Waals surface area contributed by atoms with Crippen LogP contribution in [0.15, 0.2) is 48.2 Å². The summed E-state index contributed by atoms with van der Waals surface area (Å²) in [6, 6.07) is 10.7. The number of anilines is 2. The molecular formula is C17H12Cl2N4O3. The molecular weight excluding hydrogens is 379 g/mol. The molecule has 0 radical (unpaired) electrons. The summed E-state index contributed by atoms with van der Waals surface area (Å²) >= 11 is 11.7. The highest BCUT2D eigenvalue weighted by molar-refractivity contribution is 6.32. The van der Waals surface area contributed by atoms with Crippen LogP contribution in [0.4, 0.5) is 17.1 Å². The number of carbonyl (C=O) groups is 1. The Hall–Kier alpha value is -3.08. The predicted molar refractivity (Wildman–Crippen MR) is 100 cm³/mol. The van der Waals surface area contributed by atoms with Crippen molar-refractivity contribution < 1.29 is 9.72 Å². The van der Waals surface area contributed by atoms with Crippen LogP contribution in [0.25, 0.3) is 0 Å². The second-order valence-electron chi connectivity index (χ2n) is 5.16. The first kappa shape index (κ1) is 19.2. The largest absolute Gasteiger partial charge is 0.360 e. The molecule has 0 aliphatic heterocycles. The zero-order chi connectivity index (χ0) is 19.3. The highest BCUT2D eigenvalue weighted by Gasteiger charge is 2.13. The minimum absolute atomic E-state index is 0.0148. The normalized spacial score (nSPS) is 10.8. The summed E-state index contributed by atoms with van der Waals surface area (Å²) in [7, 11) is 0. The fourth-order valence-electron chi connectivity index (χ4n) is 1.92. The molecule has 0 unspecified atom stereocenters. The third-order valence-corrected chi connectivity index (χ3v) is 4.05. The summed E-state index contributed by atoms with van der Waals surface area (Å²) in [5, 5.41) is 25.7. The molecule has 0 saturated heterocycles. The first-order chi connectivity index (χ1) is 12.3. The molecule has 9 heteroatoms. The van der Waals surface area contributed by atoms with E-state index in [1.807, 2.05) is 6.92 Å². The fourth-order valence-corrected chi connectivity index (χ4v) is 2.28. The Morgan fingerprint density at radius 1 is 1.19 bits per heavy atom. The second-order valence-corrected chi connectivity index (χ2v) is 5.97. The first-order valence-electron chi connectivity index (χ1n) is 7.20. The number of aryl methyl sites for hydroxylation is 1. The SMILES string of the molecule is Cc1ccc(NC(=O)/C(C#N)=C\Nc2ccc(Cl)c([N+](=O)[O-])c2)cc1Cl. The van der Waals surface area contributed by atoms with Crippen molar-refractivity contribution in [3.8, 4) is 6.07 Å². The maximum Gasteiger partial charge on any atom is 0.289 e. The van der Waals surface area contributed by atoms with E-state index >= 15 is 0 Å². The Balaban J connectivity index is 2.16. The van der Waals surface area contributed by atoms with Crippen LogP contribution in [0.2, 0.25) is 10.0 Å². The number of rotatable bonds is 5. The molecule has 0 heterocycles. The van der Waals surface area contributed by atoms with Gasteiger partial charge in [0.15, 0.2) is 0 Å². The minimum atomic E-state index is -0.650. The maximum atomic E-state index is 12.2. The van der Waals surface area contributed by atoms with Gasteiger partial charge in [-0.3, -0.25) is 14.9 Å². The number of nitro groups is 1. The van der Waals surface area contributed by atoms with Gasteiger partial charge < -0.3 is 10.6 Å².